The Morgan fingerprint density at radius 2 is 1.69 bits per heavy atom. The predicted molar refractivity (Wildman–Crippen MR) is 142 cm³/mol. The average Bonchev–Trinajstić information content (AvgIpc) is 2.81. The van der Waals surface area contributed by atoms with Crippen LogP contribution in [-0.2, 0) is 14.3 Å². The van der Waals surface area contributed by atoms with Crippen molar-refractivity contribution in [2.24, 2.45) is 56.2 Å². The lowest BCUT2D eigenvalue weighted by atomic mass is 9.33. The van der Waals surface area contributed by atoms with Crippen LogP contribution in [0, 0.1) is 56.2 Å². The summed E-state index contributed by atoms with van der Waals surface area (Å²) in [6.45, 7) is 16.6. The van der Waals surface area contributed by atoms with Crippen LogP contribution in [0.5, 0.6) is 0 Å². The minimum atomic E-state index is -0.823. The topological polar surface area (TPSA) is 63.6 Å². The van der Waals surface area contributed by atoms with E-state index in [9.17, 15) is 14.7 Å². The van der Waals surface area contributed by atoms with E-state index in [2.05, 4.69) is 54.5 Å². The standard InChI is InChI=1S/C32H50O4/c1-20-11-13-28(4)23(29(20,5)19-33)12-14-30(6)24(28)10-9-21-22-17-27(2,3)15-16-32(22,26(34)35)25(36-8)18-31(21,30)7/h9,19-20,22-25H,10-18H2,1-8H3,(H,34,35)/t20-,22?,23+,24?,25-,28?,29-,30-,31+,32?/m0/s1. The quantitative estimate of drug-likeness (QED) is 0.327. The molecule has 0 radical (unpaired) electrons. The van der Waals surface area contributed by atoms with Crippen molar-refractivity contribution in [1.82, 2.24) is 0 Å². The summed E-state index contributed by atoms with van der Waals surface area (Å²) in [7, 11) is 1.74. The molecule has 0 amide bonds. The number of carboxylic acid groups (broad SMARTS) is 1. The zero-order chi connectivity index (χ0) is 26.5. The van der Waals surface area contributed by atoms with Gasteiger partial charge in [-0.25, -0.2) is 0 Å². The molecule has 4 fully saturated rings. The number of ether oxygens (including phenoxy) is 1. The minimum Gasteiger partial charge on any atom is -0.481 e. The molecule has 4 saturated carbocycles. The molecule has 0 heterocycles. The first-order valence-corrected chi connectivity index (χ1v) is 14.6. The second-order valence-corrected chi connectivity index (χ2v) is 15.4. The first-order chi connectivity index (χ1) is 16.7. The van der Waals surface area contributed by atoms with Crippen molar-refractivity contribution < 1.29 is 19.4 Å². The van der Waals surface area contributed by atoms with E-state index >= 15 is 0 Å². The van der Waals surface area contributed by atoms with Crippen molar-refractivity contribution in [3.8, 4) is 0 Å². The fraction of sp³-hybridized carbons (Fsp3) is 0.875. The summed E-state index contributed by atoms with van der Waals surface area (Å²) < 4.78 is 6.17. The third-order valence-electron chi connectivity index (χ3n) is 13.8. The molecule has 0 aromatic carbocycles. The van der Waals surface area contributed by atoms with E-state index in [4.69, 9.17) is 4.74 Å². The van der Waals surface area contributed by atoms with Gasteiger partial charge in [0.25, 0.3) is 0 Å². The lowest BCUT2D eigenvalue weighted by Gasteiger charge is -2.71. The number of rotatable bonds is 3. The molecular weight excluding hydrogens is 448 g/mol. The molecule has 0 bridgehead atoms. The van der Waals surface area contributed by atoms with Gasteiger partial charge in [0.1, 0.15) is 11.7 Å². The molecule has 1 N–H and O–H groups in total. The minimum absolute atomic E-state index is 0.0253. The third-order valence-corrected chi connectivity index (χ3v) is 13.8. The van der Waals surface area contributed by atoms with Crippen LogP contribution in [0.25, 0.3) is 0 Å². The Hall–Kier alpha value is -1.16. The lowest BCUT2D eigenvalue weighted by Crippen LogP contribution is -2.67. The highest BCUT2D eigenvalue weighted by Crippen LogP contribution is 2.76. The monoisotopic (exact) mass is 498 g/mol. The van der Waals surface area contributed by atoms with E-state index in [0.717, 1.165) is 44.9 Å². The number of carbonyl (C=O) groups is 2. The fourth-order valence-corrected chi connectivity index (χ4v) is 11.1. The van der Waals surface area contributed by atoms with Crippen LogP contribution in [0.4, 0.5) is 0 Å². The maximum atomic E-state index is 13.1. The molecule has 4 nitrogen and oxygen atoms in total. The number of allylic oxidation sites excluding steroid dienone is 2. The molecule has 202 valence electrons. The van der Waals surface area contributed by atoms with E-state index in [0.29, 0.717) is 24.2 Å². The number of fused-ring (bicyclic) bond motifs is 7. The molecule has 0 aromatic heterocycles. The summed E-state index contributed by atoms with van der Waals surface area (Å²) in [6.07, 6.45) is 12.4. The predicted octanol–water partition coefficient (Wildman–Crippen LogP) is 7.31. The van der Waals surface area contributed by atoms with Crippen molar-refractivity contribution in [2.75, 3.05) is 7.11 Å². The zero-order valence-electron chi connectivity index (χ0n) is 24.1. The van der Waals surface area contributed by atoms with E-state index < -0.39 is 11.4 Å². The molecular formula is C32H50O4. The molecule has 0 spiro atoms. The molecule has 4 heteroatoms. The second kappa shape index (κ2) is 7.93. The van der Waals surface area contributed by atoms with Crippen LogP contribution in [0.2, 0.25) is 0 Å². The fourth-order valence-electron chi connectivity index (χ4n) is 11.1. The SMILES string of the molecule is CO[C@H]1C[C@]2(C)C(=CCC3C4(C)CC[C@H](C)[C@](C)(C=O)[C@@H]4CC[C@@]32C)C2CC(C)(C)CCC21C(=O)O. The maximum absolute atomic E-state index is 13.1. The smallest absolute Gasteiger partial charge is 0.312 e. The van der Waals surface area contributed by atoms with Gasteiger partial charge in [-0.2, -0.15) is 0 Å². The molecule has 10 atom stereocenters. The van der Waals surface area contributed by atoms with Crippen LogP contribution >= 0.6 is 0 Å². The van der Waals surface area contributed by atoms with Crippen molar-refractivity contribution in [3.63, 3.8) is 0 Å². The Bertz CT molecular complexity index is 983. The molecule has 0 aliphatic heterocycles. The highest BCUT2D eigenvalue weighted by molar-refractivity contribution is 5.77. The molecule has 5 rings (SSSR count). The number of aliphatic carboxylic acids is 1. The summed E-state index contributed by atoms with van der Waals surface area (Å²) >= 11 is 0. The average molecular weight is 499 g/mol. The largest absolute Gasteiger partial charge is 0.481 e. The Labute approximate surface area is 219 Å². The molecule has 5 aliphatic rings. The molecule has 4 unspecified atom stereocenters. The molecule has 0 saturated heterocycles. The van der Waals surface area contributed by atoms with Gasteiger partial charge in [-0.3, -0.25) is 4.79 Å². The summed E-state index contributed by atoms with van der Waals surface area (Å²) in [6, 6.07) is 0. The number of carbonyl (C=O) groups excluding carboxylic acids is 1. The number of methoxy groups -OCH3 is 1. The second-order valence-electron chi connectivity index (χ2n) is 15.4. The summed E-state index contributed by atoms with van der Waals surface area (Å²) in [5, 5.41) is 10.7. The van der Waals surface area contributed by atoms with Gasteiger partial charge in [-0.1, -0.05) is 60.1 Å². The zero-order valence-corrected chi connectivity index (χ0v) is 24.1. The Kier molecular flexibility index (Phi) is 5.83. The van der Waals surface area contributed by atoms with Crippen molar-refractivity contribution in [1.29, 1.82) is 0 Å². The number of hydrogen-bond acceptors (Lipinski definition) is 3. The van der Waals surface area contributed by atoms with Crippen LogP contribution in [0.15, 0.2) is 11.6 Å². The van der Waals surface area contributed by atoms with E-state index in [1.807, 2.05) is 0 Å². The number of carboxylic acids is 1. The van der Waals surface area contributed by atoms with Crippen molar-refractivity contribution in [3.05, 3.63) is 11.6 Å². The van der Waals surface area contributed by atoms with Gasteiger partial charge in [0.2, 0.25) is 0 Å². The van der Waals surface area contributed by atoms with Crippen LogP contribution in [-0.4, -0.2) is 30.6 Å². The van der Waals surface area contributed by atoms with Gasteiger partial charge in [-0.15, -0.1) is 0 Å². The molecule has 5 aliphatic carbocycles. The highest BCUT2D eigenvalue weighted by atomic mass is 16.5. The van der Waals surface area contributed by atoms with Crippen LogP contribution in [0.3, 0.4) is 0 Å². The summed E-state index contributed by atoms with van der Waals surface area (Å²) in [4.78, 5) is 25.6. The van der Waals surface area contributed by atoms with E-state index in [1.54, 1.807) is 7.11 Å². The van der Waals surface area contributed by atoms with Crippen molar-refractivity contribution in [2.45, 2.75) is 112 Å². The summed E-state index contributed by atoms with van der Waals surface area (Å²) in [5.41, 5.74) is 0.569. The Morgan fingerprint density at radius 3 is 2.31 bits per heavy atom. The highest BCUT2D eigenvalue weighted by Gasteiger charge is 2.71. The first-order valence-electron chi connectivity index (χ1n) is 14.6. The van der Waals surface area contributed by atoms with Crippen LogP contribution < -0.4 is 0 Å². The molecule has 0 aromatic rings. The molecule has 36 heavy (non-hydrogen) atoms. The first kappa shape index (κ1) is 26.4. The van der Waals surface area contributed by atoms with Gasteiger partial charge in [0.15, 0.2) is 0 Å². The van der Waals surface area contributed by atoms with E-state index in [-0.39, 0.29) is 39.1 Å². The summed E-state index contributed by atoms with van der Waals surface area (Å²) in [5.74, 6) is 0.698. The third kappa shape index (κ3) is 3.03. The van der Waals surface area contributed by atoms with E-state index in [1.165, 1.54) is 18.3 Å². The van der Waals surface area contributed by atoms with Gasteiger partial charge in [-0.05, 0) is 103 Å². The van der Waals surface area contributed by atoms with Gasteiger partial charge in [0.05, 0.1) is 6.10 Å². The Balaban J connectivity index is 1.65. The van der Waals surface area contributed by atoms with Crippen molar-refractivity contribution >= 4 is 12.3 Å². The Morgan fingerprint density at radius 1 is 1.00 bits per heavy atom. The van der Waals surface area contributed by atoms with Gasteiger partial charge in [0, 0.05) is 12.5 Å². The maximum Gasteiger partial charge on any atom is 0.312 e. The lowest BCUT2D eigenvalue weighted by molar-refractivity contribution is -0.214. The van der Waals surface area contributed by atoms with Gasteiger partial charge < -0.3 is 14.6 Å². The normalized spacial score (nSPS) is 53.7. The number of aldehydes is 1. The van der Waals surface area contributed by atoms with Crippen LogP contribution in [0.1, 0.15) is 106 Å². The van der Waals surface area contributed by atoms with Gasteiger partial charge >= 0.3 is 5.97 Å². The number of hydrogen-bond donors (Lipinski definition) is 1.